The van der Waals surface area contributed by atoms with Crippen molar-refractivity contribution in [2.75, 3.05) is 0 Å². The highest BCUT2D eigenvalue weighted by molar-refractivity contribution is 5.96. The molecule has 5 rings (SSSR count). The van der Waals surface area contributed by atoms with Crippen LogP contribution in [0.3, 0.4) is 0 Å². The highest BCUT2D eigenvalue weighted by atomic mass is 16.1. The van der Waals surface area contributed by atoms with Crippen LogP contribution in [0.5, 0.6) is 0 Å². The van der Waals surface area contributed by atoms with Gasteiger partial charge in [0.25, 0.3) is 5.56 Å². The number of nitrogens with one attached hydrogen (secondary N) is 1. The molecule has 0 aliphatic carbocycles. The molecule has 0 bridgehead atoms. The number of fused-ring (bicyclic) bond motifs is 2. The first kappa shape index (κ1) is 15.4. The highest BCUT2D eigenvalue weighted by Crippen LogP contribution is 2.29. The van der Waals surface area contributed by atoms with Crippen molar-refractivity contribution in [3.05, 3.63) is 89.6 Å². The first-order valence-corrected chi connectivity index (χ1v) is 8.58. The van der Waals surface area contributed by atoms with Crippen LogP contribution in [0.1, 0.15) is 0 Å². The maximum absolute atomic E-state index is 12.6. The predicted octanol–water partition coefficient (Wildman–Crippen LogP) is 4.20. The third kappa shape index (κ3) is 2.66. The second-order valence-electron chi connectivity index (χ2n) is 6.26. The summed E-state index contributed by atoms with van der Waals surface area (Å²) in [6, 6.07) is 19.2. The lowest BCUT2D eigenvalue weighted by Gasteiger charge is -2.08. The van der Waals surface area contributed by atoms with Gasteiger partial charge in [-0.3, -0.25) is 14.8 Å². The van der Waals surface area contributed by atoms with Crippen LogP contribution in [0, 0.1) is 0 Å². The van der Waals surface area contributed by atoms with Crippen LogP contribution in [-0.4, -0.2) is 19.9 Å². The summed E-state index contributed by atoms with van der Waals surface area (Å²) in [5.74, 6) is 0. The summed E-state index contributed by atoms with van der Waals surface area (Å²) in [7, 11) is 0. The summed E-state index contributed by atoms with van der Waals surface area (Å²) in [5.41, 5.74) is 5.40. The Hall–Kier alpha value is -3.86. The standard InChI is InChI=1S/C22H14N4O/c27-22-21(25-19-3-1-2-4-20(19)26-22)15-5-6-18-17(13-15)16(9-12-24-18)14-7-10-23-11-8-14/h1-13H,(H,26,27). The zero-order valence-corrected chi connectivity index (χ0v) is 14.3. The van der Waals surface area contributed by atoms with Crippen molar-refractivity contribution in [3.63, 3.8) is 0 Å². The molecule has 0 amide bonds. The summed E-state index contributed by atoms with van der Waals surface area (Å²) < 4.78 is 0. The van der Waals surface area contributed by atoms with Gasteiger partial charge < -0.3 is 4.98 Å². The summed E-state index contributed by atoms with van der Waals surface area (Å²) in [4.78, 5) is 28.6. The Bertz CT molecular complexity index is 1340. The maximum Gasteiger partial charge on any atom is 0.274 e. The van der Waals surface area contributed by atoms with Gasteiger partial charge in [0.15, 0.2) is 0 Å². The van der Waals surface area contributed by atoms with E-state index in [1.807, 2.05) is 60.7 Å². The van der Waals surface area contributed by atoms with E-state index < -0.39 is 0 Å². The van der Waals surface area contributed by atoms with E-state index in [1.54, 1.807) is 18.6 Å². The zero-order chi connectivity index (χ0) is 18.2. The summed E-state index contributed by atoms with van der Waals surface area (Å²) in [6.45, 7) is 0. The topological polar surface area (TPSA) is 71.5 Å². The van der Waals surface area contributed by atoms with Gasteiger partial charge >= 0.3 is 0 Å². The van der Waals surface area contributed by atoms with Gasteiger partial charge in [-0.1, -0.05) is 18.2 Å². The molecule has 3 heterocycles. The van der Waals surface area contributed by atoms with Crippen molar-refractivity contribution in [1.82, 2.24) is 19.9 Å². The van der Waals surface area contributed by atoms with Gasteiger partial charge in [0.2, 0.25) is 0 Å². The quantitative estimate of drug-likeness (QED) is 0.518. The van der Waals surface area contributed by atoms with Crippen LogP contribution in [0.4, 0.5) is 0 Å². The van der Waals surface area contributed by atoms with E-state index in [9.17, 15) is 4.79 Å². The van der Waals surface area contributed by atoms with Crippen LogP contribution in [-0.2, 0) is 0 Å². The summed E-state index contributed by atoms with van der Waals surface area (Å²) in [5, 5.41) is 0.968. The number of nitrogens with zero attached hydrogens (tertiary/aromatic N) is 3. The van der Waals surface area contributed by atoms with Crippen LogP contribution in [0.25, 0.3) is 44.3 Å². The number of hydrogen-bond acceptors (Lipinski definition) is 4. The molecule has 0 radical (unpaired) electrons. The van der Waals surface area contributed by atoms with Gasteiger partial charge in [-0.15, -0.1) is 0 Å². The Balaban J connectivity index is 1.76. The third-order valence-electron chi connectivity index (χ3n) is 4.61. The largest absolute Gasteiger partial charge is 0.319 e. The lowest BCUT2D eigenvalue weighted by atomic mass is 10.00. The second kappa shape index (κ2) is 6.14. The summed E-state index contributed by atoms with van der Waals surface area (Å²) in [6.07, 6.45) is 5.32. The van der Waals surface area contributed by atoms with E-state index in [0.29, 0.717) is 5.69 Å². The van der Waals surface area contributed by atoms with Crippen molar-refractivity contribution in [2.24, 2.45) is 0 Å². The Morgan fingerprint density at radius 1 is 0.778 bits per heavy atom. The lowest BCUT2D eigenvalue weighted by molar-refractivity contribution is 1.22. The number of rotatable bonds is 2. The van der Waals surface area contributed by atoms with E-state index >= 15 is 0 Å². The molecule has 0 saturated carbocycles. The SMILES string of the molecule is O=c1[nH]c2ccccc2nc1-c1ccc2nccc(-c3ccncc3)c2c1. The molecule has 1 N–H and O–H groups in total. The van der Waals surface area contributed by atoms with Gasteiger partial charge in [-0.25, -0.2) is 4.98 Å². The maximum atomic E-state index is 12.6. The second-order valence-corrected chi connectivity index (χ2v) is 6.26. The first-order valence-electron chi connectivity index (χ1n) is 8.58. The normalized spacial score (nSPS) is 11.1. The molecule has 27 heavy (non-hydrogen) atoms. The minimum absolute atomic E-state index is 0.206. The number of pyridine rings is 2. The van der Waals surface area contributed by atoms with Gasteiger partial charge in [0.05, 0.1) is 16.6 Å². The molecular formula is C22H14N4O. The van der Waals surface area contributed by atoms with Crippen molar-refractivity contribution in [2.45, 2.75) is 0 Å². The first-order chi connectivity index (χ1) is 13.3. The Morgan fingerprint density at radius 2 is 1.63 bits per heavy atom. The fourth-order valence-corrected chi connectivity index (χ4v) is 3.30. The molecule has 0 aliphatic heterocycles. The Morgan fingerprint density at radius 3 is 2.52 bits per heavy atom. The van der Waals surface area contributed by atoms with Gasteiger partial charge in [-0.05, 0) is 53.6 Å². The minimum Gasteiger partial charge on any atom is -0.319 e. The molecule has 5 heteroatoms. The fraction of sp³-hybridized carbons (Fsp3) is 0. The lowest BCUT2D eigenvalue weighted by Crippen LogP contribution is -2.11. The molecule has 2 aromatic carbocycles. The van der Waals surface area contributed by atoms with Crippen LogP contribution < -0.4 is 5.56 Å². The van der Waals surface area contributed by atoms with E-state index in [1.165, 1.54) is 0 Å². The average Bonchev–Trinajstić information content (AvgIpc) is 2.73. The van der Waals surface area contributed by atoms with Crippen molar-refractivity contribution < 1.29 is 0 Å². The van der Waals surface area contributed by atoms with Crippen molar-refractivity contribution >= 4 is 21.9 Å². The zero-order valence-electron chi connectivity index (χ0n) is 14.3. The number of hydrogen-bond donors (Lipinski definition) is 1. The van der Waals surface area contributed by atoms with Gasteiger partial charge in [0.1, 0.15) is 5.69 Å². The molecule has 5 aromatic rings. The van der Waals surface area contributed by atoms with Crippen LogP contribution >= 0.6 is 0 Å². The van der Waals surface area contributed by atoms with Gasteiger partial charge in [0, 0.05) is 29.5 Å². The molecular weight excluding hydrogens is 336 g/mol. The predicted molar refractivity (Wildman–Crippen MR) is 106 cm³/mol. The number of aromatic amines is 1. The molecule has 0 spiro atoms. The number of para-hydroxylation sites is 2. The third-order valence-corrected chi connectivity index (χ3v) is 4.61. The molecule has 128 valence electrons. The number of benzene rings is 2. The minimum atomic E-state index is -0.206. The Kier molecular flexibility index (Phi) is 3.50. The molecule has 0 saturated heterocycles. The van der Waals surface area contributed by atoms with Crippen molar-refractivity contribution in [1.29, 1.82) is 0 Å². The number of aromatic nitrogens is 4. The summed E-state index contributed by atoms with van der Waals surface area (Å²) >= 11 is 0. The Labute approximate surface area is 154 Å². The molecule has 0 atom stereocenters. The smallest absolute Gasteiger partial charge is 0.274 e. The number of H-pyrrole nitrogens is 1. The molecule has 0 fully saturated rings. The van der Waals surface area contributed by atoms with E-state index in [0.717, 1.165) is 38.6 Å². The average molecular weight is 350 g/mol. The monoisotopic (exact) mass is 350 g/mol. The van der Waals surface area contributed by atoms with E-state index in [2.05, 4.69) is 19.9 Å². The van der Waals surface area contributed by atoms with E-state index in [-0.39, 0.29) is 5.56 Å². The molecule has 0 aliphatic rings. The molecule has 3 aromatic heterocycles. The fourth-order valence-electron chi connectivity index (χ4n) is 3.30. The molecule has 5 nitrogen and oxygen atoms in total. The molecule has 0 unspecified atom stereocenters. The van der Waals surface area contributed by atoms with E-state index in [4.69, 9.17) is 0 Å². The highest BCUT2D eigenvalue weighted by Gasteiger charge is 2.11. The van der Waals surface area contributed by atoms with Crippen molar-refractivity contribution in [3.8, 4) is 22.4 Å². The van der Waals surface area contributed by atoms with Crippen LogP contribution in [0.15, 0.2) is 84.0 Å². The van der Waals surface area contributed by atoms with Crippen LogP contribution in [0.2, 0.25) is 0 Å². The van der Waals surface area contributed by atoms with Gasteiger partial charge in [-0.2, -0.15) is 0 Å².